The zero-order valence-electron chi connectivity index (χ0n) is 12.1. The van der Waals surface area contributed by atoms with Crippen molar-refractivity contribution in [3.05, 3.63) is 40.1 Å². The van der Waals surface area contributed by atoms with Gasteiger partial charge in [-0.25, -0.2) is 4.79 Å². The summed E-state index contributed by atoms with van der Waals surface area (Å²) in [6, 6.07) is 5.57. The molecule has 9 heteroatoms. The third-order valence-corrected chi connectivity index (χ3v) is 3.15. The van der Waals surface area contributed by atoms with Crippen molar-refractivity contribution in [1.29, 1.82) is 0 Å². The minimum Gasteiger partial charge on any atom is -0.476 e. The maximum absolute atomic E-state index is 11.3. The van der Waals surface area contributed by atoms with Crippen LogP contribution in [0.4, 0.5) is 11.5 Å². The predicted octanol–water partition coefficient (Wildman–Crippen LogP) is 1.72. The van der Waals surface area contributed by atoms with E-state index >= 15 is 0 Å². The summed E-state index contributed by atoms with van der Waals surface area (Å²) in [7, 11) is 0. The highest BCUT2D eigenvalue weighted by molar-refractivity contribution is 5.91. The minimum atomic E-state index is -1.17. The van der Waals surface area contributed by atoms with Gasteiger partial charge in [-0.05, 0) is 26.0 Å². The van der Waals surface area contributed by atoms with Crippen molar-refractivity contribution in [2.75, 3.05) is 18.0 Å². The normalized spacial score (nSPS) is 10.5. The first-order valence-electron chi connectivity index (χ1n) is 6.68. The first kappa shape index (κ1) is 15.4. The number of aromatic nitrogens is 3. The lowest BCUT2D eigenvalue weighted by Crippen LogP contribution is -2.24. The predicted molar refractivity (Wildman–Crippen MR) is 78.5 cm³/mol. The quantitative estimate of drug-likeness (QED) is 0.638. The van der Waals surface area contributed by atoms with Crippen molar-refractivity contribution < 1.29 is 14.8 Å². The van der Waals surface area contributed by atoms with Crippen LogP contribution in [0.3, 0.4) is 0 Å². The van der Waals surface area contributed by atoms with Crippen molar-refractivity contribution in [3.8, 4) is 5.69 Å². The van der Waals surface area contributed by atoms with Crippen LogP contribution in [-0.2, 0) is 0 Å². The zero-order valence-corrected chi connectivity index (χ0v) is 12.1. The van der Waals surface area contributed by atoms with Crippen molar-refractivity contribution in [1.82, 2.24) is 15.0 Å². The fourth-order valence-corrected chi connectivity index (χ4v) is 2.00. The van der Waals surface area contributed by atoms with Gasteiger partial charge in [0.05, 0.1) is 10.6 Å². The SMILES string of the molecule is CCN(CC)c1nn(-c2ccc([N+](=O)[O-])cc2)nc1C(=O)O. The Hall–Kier alpha value is -2.97. The second-order valence-corrected chi connectivity index (χ2v) is 4.41. The Labute approximate surface area is 125 Å². The van der Waals surface area contributed by atoms with Crippen molar-refractivity contribution in [2.24, 2.45) is 0 Å². The Morgan fingerprint density at radius 3 is 2.32 bits per heavy atom. The molecule has 0 atom stereocenters. The van der Waals surface area contributed by atoms with E-state index in [0.29, 0.717) is 18.8 Å². The molecule has 0 amide bonds. The molecule has 0 saturated heterocycles. The topological polar surface area (TPSA) is 114 Å². The number of carboxylic acid groups (broad SMARTS) is 1. The highest BCUT2D eigenvalue weighted by Gasteiger charge is 2.22. The summed E-state index contributed by atoms with van der Waals surface area (Å²) < 4.78 is 0. The average molecular weight is 305 g/mol. The molecule has 2 aromatic rings. The first-order valence-corrected chi connectivity index (χ1v) is 6.68. The lowest BCUT2D eigenvalue weighted by Gasteiger charge is -2.17. The number of carbonyl (C=O) groups is 1. The number of anilines is 1. The Morgan fingerprint density at radius 2 is 1.86 bits per heavy atom. The lowest BCUT2D eigenvalue weighted by molar-refractivity contribution is -0.384. The molecule has 0 spiro atoms. The number of nitro benzene ring substituents is 1. The van der Waals surface area contributed by atoms with Crippen LogP contribution in [0.5, 0.6) is 0 Å². The number of nitro groups is 1. The second-order valence-electron chi connectivity index (χ2n) is 4.41. The average Bonchev–Trinajstić information content (AvgIpc) is 2.94. The molecule has 9 nitrogen and oxygen atoms in total. The molecule has 2 rings (SSSR count). The highest BCUT2D eigenvalue weighted by Crippen LogP contribution is 2.19. The van der Waals surface area contributed by atoms with Gasteiger partial charge in [0.2, 0.25) is 5.69 Å². The molecule has 1 N–H and O–H groups in total. The van der Waals surface area contributed by atoms with E-state index in [1.807, 2.05) is 13.8 Å². The van der Waals surface area contributed by atoms with E-state index in [1.165, 1.54) is 29.1 Å². The fourth-order valence-electron chi connectivity index (χ4n) is 2.00. The molecule has 0 unspecified atom stereocenters. The van der Waals surface area contributed by atoms with E-state index < -0.39 is 10.9 Å². The van der Waals surface area contributed by atoms with E-state index in [2.05, 4.69) is 10.2 Å². The number of non-ortho nitro benzene ring substituents is 1. The van der Waals surface area contributed by atoms with E-state index in [4.69, 9.17) is 0 Å². The number of hydrogen-bond acceptors (Lipinski definition) is 6. The van der Waals surface area contributed by atoms with Gasteiger partial charge in [-0.15, -0.1) is 15.0 Å². The largest absolute Gasteiger partial charge is 0.476 e. The molecular weight excluding hydrogens is 290 g/mol. The van der Waals surface area contributed by atoms with Crippen LogP contribution in [0.1, 0.15) is 24.3 Å². The number of aromatic carboxylic acids is 1. The Kier molecular flexibility index (Phi) is 4.35. The van der Waals surface area contributed by atoms with Gasteiger partial charge >= 0.3 is 5.97 Å². The molecular formula is C13H15N5O4. The molecule has 0 bridgehead atoms. The number of carboxylic acids is 1. The Morgan fingerprint density at radius 1 is 1.27 bits per heavy atom. The Balaban J connectivity index is 2.45. The van der Waals surface area contributed by atoms with E-state index in [-0.39, 0.29) is 17.2 Å². The molecule has 1 aromatic heterocycles. The van der Waals surface area contributed by atoms with Crippen LogP contribution < -0.4 is 4.90 Å². The van der Waals surface area contributed by atoms with E-state index in [1.54, 1.807) is 4.90 Å². The van der Waals surface area contributed by atoms with Crippen LogP contribution in [0.2, 0.25) is 0 Å². The molecule has 22 heavy (non-hydrogen) atoms. The van der Waals surface area contributed by atoms with Gasteiger partial charge in [-0.1, -0.05) is 0 Å². The number of rotatable bonds is 6. The third kappa shape index (κ3) is 2.87. The standard InChI is InChI=1S/C13H15N5O4/c1-3-16(4-2)12-11(13(19)20)14-17(15-12)9-5-7-10(8-6-9)18(21)22/h5-8H,3-4H2,1-2H3,(H,19,20). The maximum Gasteiger partial charge on any atom is 0.360 e. The third-order valence-electron chi connectivity index (χ3n) is 3.15. The van der Waals surface area contributed by atoms with Crippen LogP contribution in [0, 0.1) is 10.1 Å². The van der Waals surface area contributed by atoms with Crippen molar-refractivity contribution >= 4 is 17.5 Å². The molecule has 116 valence electrons. The van der Waals surface area contributed by atoms with Crippen LogP contribution in [0.15, 0.2) is 24.3 Å². The summed E-state index contributed by atoms with van der Waals surface area (Å²) in [4.78, 5) is 24.4. The van der Waals surface area contributed by atoms with Crippen molar-refractivity contribution in [2.45, 2.75) is 13.8 Å². The molecule has 0 saturated carbocycles. The first-order chi connectivity index (χ1) is 10.5. The van der Waals surface area contributed by atoms with E-state index in [0.717, 1.165) is 0 Å². The van der Waals surface area contributed by atoms with Gasteiger partial charge in [0.1, 0.15) is 0 Å². The summed E-state index contributed by atoms with van der Waals surface area (Å²) in [5.74, 6) is -0.897. The molecule has 1 heterocycles. The second kappa shape index (κ2) is 6.20. The molecule has 0 aliphatic heterocycles. The van der Waals surface area contributed by atoms with E-state index in [9.17, 15) is 20.0 Å². The highest BCUT2D eigenvalue weighted by atomic mass is 16.6. The number of nitrogens with zero attached hydrogens (tertiary/aromatic N) is 5. The summed E-state index contributed by atoms with van der Waals surface area (Å²) in [6.45, 7) is 4.96. The molecule has 0 aliphatic carbocycles. The monoisotopic (exact) mass is 305 g/mol. The summed E-state index contributed by atoms with van der Waals surface area (Å²) in [6.07, 6.45) is 0. The molecule has 1 aromatic carbocycles. The van der Waals surface area contributed by atoms with Crippen molar-refractivity contribution in [3.63, 3.8) is 0 Å². The summed E-state index contributed by atoms with van der Waals surface area (Å²) in [5.41, 5.74) is 0.242. The van der Waals surface area contributed by atoms with Crippen LogP contribution >= 0.6 is 0 Å². The fraction of sp³-hybridized carbons (Fsp3) is 0.308. The number of hydrogen-bond donors (Lipinski definition) is 1. The zero-order chi connectivity index (χ0) is 16.3. The summed E-state index contributed by atoms with van der Waals surface area (Å²) in [5, 5.41) is 28.1. The van der Waals surface area contributed by atoms with Crippen LogP contribution in [-0.4, -0.2) is 44.1 Å². The minimum absolute atomic E-state index is 0.0571. The molecule has 0 fully saturated rings. The smallest absolute Gasteiger partial charge is 0.360 e. The summed E-state index contributed by atoms with van der Waals surface area (Å²) >= 11 is 0. The van der Waals surface area contributed by atoms with Gasteiger partial charge in [-0.2, -0.15) is 0 Å². The van der Waals surface area contributed by atoms with Gasteiger partial charge in [0.15, 0.2) is 5.82 Å². The van der Waals surface area contributed by atoms with Gasteiger partial charge < -0.3 is 10.0 Å². The molecule has 0 aliphatic rings. The van der Waals surface area contributed by atoms with Gasteiger partial charge in [0.25, 0.3) is 5.69 Å². The van der Waals surface area contributed by atoms with Gasteiger partial charge in [-0.3, -0.25) is 10.1 Å². The number of benzene rings is 1. The van der Waals surface area contributed by atoms with Gasteiger partial charge in [0, 0.05) is 25.2 Å². The Bertz CT molecular complexity index is 691. The lowest BCUT2D eigenvalue weighted by atomic mass is 10.3. The van der Waals surface area contributed by atoms with Crippen LogP contribution in [0.25, 0.3) is 5.69 Å². The maximum atomic E-state index is 11.3. The molecule has 0 radical (unpaired) electrons.